The minimum atomic E-state index is -0.710. The van der Waals surface area contributed by atoms with Crippen molar-refractivity contribution in [3.63, 3.8) is 0 Å². The van der Waals surface area contributed by atoms with Crippen molar-refractivity contribution in [2.75, 3.05) is 6.61 Å². The van der Waals surface area contributed by atoms with Crippen molar-refractivity contribution in [3.05, 3.63) is 101 Å². The molecule has 6 nitrogen and oxygen atoms in total. The first-order valence-electron chi connectivity index (χ1n) is 11.3. The molecule has 1 saturated heterocycles. The number of aliphatic hydroxyl groups is 1. The molecule has 174 valence electrons. The summed E-state index contributed by atoms with van der Waals surface area (Å²) in [7, 11) is 0. The van der Waals surface area contributed by atoms with E-state index in [1.807, 2.05) is 49.4 Å². The van der Waals surface area contributed by atoms with Gasteiger partial charge in [0.25, 0.3) is 11.7 Å². The van der Waals surface area contributed by atoms with Crippen LogP contribution in [-0.4, -0.2) is 33.3 Å². The molecule has 1 amide bonds. The van der Waals surface area contributed by atoms with Crippen LogP contribution in [0.15, 0.2) is 78.6 Å². The highest BCUT2D eigenvalue weighted by Crippen LogP contribution is 2.40. The lowest BCUT2D eigenvalue weighted by atomic mass is 9.94. The predicted molar refractivity (Wildman–Crippen MR) is 130 cm³/mol. The van der Waals surface area contributed by atoms with Gasteiger partial charge in [0, 0.05) is 24.5 Å². The SMILES string of the molecule is Cc1cc(OCC(C)C)ccc1C(O)=C1C(=O)C(=O)N(Cc2cccnc2)[C@H]1c1ccccc1. The summed E-state index contributed by atoms with van der Waals surface area (Å²) in [5.41, 5.74) is 2.88. The maximum absolute atomic E-state index is 13.2. The molecule has 1 aliphatic heterocycles. The van der Waals surface area contributed by atoms with Gasteiger partial charge in [-0.2, -0.15) is 0 Å². The Hall–Kier alpha value is -3.93. The van der Waals surface area contributed by atoms with E-state index in [0.717, 1.165) is 16.7 Å². The second kappa shape index (κ2) is 9.91. The average Bonchev–Trinajstić information content (AvgIpc) is 3.08. The Balaban J connectivity index is 1.78. The van der Waals surface area contributed by atoms with Crippen molar-refractivity contribution in [1.29, 1.82) is 0 Å². The smallest absolute Gasteiger partial charge is 0.295 e. The molecule has 4 rings (SSSR count). The molecule has 1 fully saturated rings. The fourth-order valence-corrected chi connectivity index (χ4v) is 4.11. The number of Topliss-reactive ketones (excluding diaryl/α,β-unsaturated/α-hetero) is 1. The summed E-state index contributed by atoms with van der Waals surface area (Å²) in [6.45, 7) is 6.77. The van der Waals surface area contributed by atoms with Crippen molar-refractivity contribution in [2.45, 2.75) is 33.4 Å². The van der Waals surface area contributed by atoms with Gasteiger partial charge in [0.2, 0.25) is 0 Å². The Labute approximate surface area is 199 Å². The lowest BCUT2D eigenvalue weighted by Crippen LogP contribution is -2.29. The Morgan fingerprint density at radius 3 is 2.50 bits per heavy atom. The Kier molecular flexibility index (Phi) is 6.77. The predicted octanol–water partition coefficient (Wildman–Crippen LogP) is 5.05. The maximum Gasteiger partial charge on any atom is 0.295 e. The van der Waals surface area contributed by atoms with E-state index in [4.69, 9.17) is 4.74 Å². The molecule has 1 atom stereocenters. The molecule has 0 saturated carbocycles. The van der Waals surface area contributed by atoms with Gasteiger partial charge in [0.1, 0.15) is 11.5 Å². The van der Waals surface area contributed by atoms with E-state index in [1.54, 1.807) is 30.6 Å². The first-order chi connectivity index (χ1) is 16.4. The number of carbonyl (C=O) groups excluding carboxylic acids is 2. The van der Waals surface area contributed by atoms with Crippen LogP contribution in [0.4, 0.5) is 0 Å². The number of carbonyl (C=O) groups is 2. The van der Waals surface area contributed by atoms with Crippen molar-refractivity contribution >= 4 is 17.4 Å². The molecular formula is C28H28N2O4. The van der Waals surface area contributed by atoms with E-state index in [1.165, 1.54) is 4.90 Å². The lowest BCUT2D eigenvalue weighted by Gasteiger charge is -2.25. The Morgan fingerprint density at radius 2 is 1.85 bits per heavy atom. The monoisotopic (exact) mass is 456 g/mol. The summed E-state index contributed by atoms with van der Waals surface area (Å²) in [5, 5.41) is 11.3. The van der Waals surface area contributed by atoms with Crippen LogP contribution in [0.2, 0.25) is 0 Å². The van der Waals surface area contributed by atoms with Gasteiger partial charge in [-0.1, -0.05) is 50.2 Å². The molecule has 0 bridgehead atoms. The number of hydrogen-bond acceptors (Lipinski definition) is 5. The molecule has 1 N–H and O–H groups in total. The number of nitrogens with zero attached hydrogens (tertiary/aromatic N) is 2. The molecule has 34 heavy (non-hydrogen) atoms. The molecule has 0 spiro atoms. The van der Waals surface area contributed by atoms with Crippen molar-refractivity contribution in [1.82, 2.24) is 9.88 Å². The van der Waals surface area contributed by atoms with Crippen LogP contribution in [0, 0.1) is 12.8 Å². The molecule has 1 aromatic heterocycles. The third kappa shape index (κ3) is 4.71. The highest BCUT2D eigenvalue weighted by Gasteiger charge is 2.46. The second-order valence-electron chi connectivity index (χ2n) is 8.88. The van der Waals surface area contributed by atoms with Crippen molar-refractivity contribution < 1.29 is 19.4 Å². The van der Waals surface area contributed by atoms with E-state index in [-0.39, 0.29) is 17.9 Å². The second-order valence-corrected chi connectivity index (χ2v) is 8.88. The number of aryl methyl sites for hydroxylation is 1. The zero-order valence-electron chi connectivity index (χ0n) is 19.6. The van der Waals surface area contributed by atoms with Gasteiger partial charge < -0.3 is 14.7 Å². The number of benzene rings is 2. The lowest BCUT2D eigenvalue weighted by molar-refractivity contribution is -0.140. The van der Waals surface area contributed by atoms with Gasteiger partial charge >= 0.3 is 0 Å². The van der Waals surface area contributed by atoms with Crippen LogP contribution in [0.25, 0.3) is 5.76 Å². The number of hydrogen-bond donors (Lipinski definition) is 1. The van der Waals surface area contributed by atoms with Crippen LogP contribution >= 0.6 is 0 Å². The minimum absolute atomic E-state index is 0.0824. The molecule has 2 heterocycles. The largest absolute Gasteiger partial charge is 0.507 e. The summed E-state index contributed by atoms with van der Waals surface area (Å²) in [5.74, 6) is -0.452. The zero-order valence-corrected chi connectivity index (χ0v) is 19.6. The molecule has 0 unspecified atom stereocenters. The summed E-state index contributed by atoms with van der Waals surface area (Å²) >= 11 is 0. The first kappa shape index (κ1) is 23.2. The fourth-order valence-electron chi connectivity index (χ4n) is 4.11. The number of amides is 1. The third-order valence-electron chi connectivity index (χ3n) is 5.77. The molecule has 1 aliphatic rings. The summed E-state index contributed by atoms with van der Waals surface area (Å²) in [6, 6.07) is 17.6. The van der Waals surface area contributed by atoms with E-state index in [0.29, 0.717) is 23.8 Å². The first-order valence-corrected chi connectivity index (χ1v) is 11.3. The standard InChI is InChI=1S/C28H28N2O4/c1-18(2)17-34-22-11-12-23(19(3)14-22)26(31)24-25(21-9-5-4-6-10-21)30(28(33)27(24)32)16-20-8-7-13-29-15-20/h4-15,18,25,31H,16-17H2,1-3H3/t25-/m0/s1. The van der Waals surface area contributed by atoms with Crippen molar-refractivity contribution in [2.24, 2.45) is 5.92 Å². The van der Waals surface area contributed by atoms with Gasteiger partial charge in [-0.25, -0.2) is 0 Å². The highest BCUT2D eigenvalue weighted by molar-refractivity contribution is 6.46. The van der Waals surface area contributed by atoms with E-state index >= 15 is 0 Å². The molecule has 2 aromatic carbocycles. The van der Waals surface area contributed by atoms with E-state index in [2.05, 4.69) is 18.8 Å². The number of pyridine rings is 1. The number of ether oxygens (including phenoxy) is 1. The van der Waals surface area contributed by atoms with Gasteiger partial charge in [-0.15, -0.1) is 0 Å². The molecular weight excluding hydrogens is 428 g/mol. The Morgan fingerprint density at radius 1 is 1.09 bits per heavy atom. The Bertz CT molecular complexity index is 1220. The molecule has 6 heteroatoms. The topological polar surface area (TPSA) is 79.7 Å². The number of ketones is 1. The minimum Gasteiger partial charge on any atom is -0.507 e. The van der Waals surface area contributed by atoms with Crippen molar-refractivity contribution in [3.8, 4) is 5.75 Å². The van der Waals surface area contributed by atoms with Gasteiger partial charge in [0.15, 0.2) is 0 Å². The van der Waals surface area contributed by atoms with Crippen LogP contribution in [0.1, 0.15) is 42.1 Å². The molecule has 0 aliphatic carbocycles. The number of aromatic nitrogens is 1. The normalized spacial score (nSPS) is 17.4. The van der Waals surface area contributed by atoms with Crippen LogP contribution in [-0.2, 0) is 16.1 Å². The van der Waals surface area contributed by atoms with E-state index in [9.17, 15) is 14.7 Å². The van der Waals surface area contributed by atoms with Crippen LogP contribution in [0.3, 0.4) is 0 Å². The van der Waals surface area contributed by atoms with Gasteiger partial charge in [0.05, 0.1) is 18.2 Å². The van der Waals surface area contributed by atoms with Gasteiger partial charge in [-0.05, 0) is 53.8 Å². The number of aliphatic hydroxyl groups excluding tert-OH is 1. The fraction of sp³-hybridized carbons (Fsp3) is 0.250. The van der Waals surface area contributed by atoms with Gasteiger partial charge in [-0.3, -0.25) is 14.6 Å². The number of rotatable bonds is 7. The summed E-state index contributed by atoms with van der Waals surface area (Å²) in [6.07, 6.45) is 3.32. The van der Waals surface area contributed by atoms with E-state index < -0.39 is 17.7 Å². The number of likely N-dealkylation sites (tertiary alicyclic amines) is 1. The third-order valence-corrected chi connectivity index (χ3v) is 5.77. The highest BCUT2D eigenvalue weighted by atomic mass is 16.5. The molecule has 0 radical (unpaired) electrons. The summed E-state index contributed by atoms with van der Waals surface area (Å²) < 4.78 is 5.79. The average molecular weight is 457 g/mol. The quantitative estimate of drug-likeness (QED) is 0.306. The van der Waals surface area contributed by atoms with Crippen LogP contribution in [0.5, 0.6) is 5.75 Å². The maximum atomic E-state index is 13.2. The molecule has 3 aromatic rings. The zero-order chi connectivity index (χ0) is 24.2. The van der Waals surface area contributed by atoms with Crippen LogP contribution < -0.4 is 4.74 Å². The summed E-state index contributed by atoms with van der Waals surface area (Å²) in [4.78, 5) is 31.9.